The van der Waals surface area contributed by atoms with Crippen molar-refractivity contribution in [3.05, 3.63) is 97.2 Å². The maximum atomic E-state index is 12.6. The van der Waals surface area contributed by atoms with Crippen LogP contribution < -0.4 is 0 Å². The van der Waals surface area contributed by atoms with Crippen molar-refractivity contribution in [2.45, 2.75) is 136 Å². The summed E-state index contributed by atoms with van der Waals surface area (Å²) in [6, 6.07) is 0. The van der Waals surface area contributed by atoms with E-state index in [-0.39, 0.29) is 26.1 Å². The van der Waals surface area contributed by atoms with E-state index in [0.29, 0.717) is 25.8 Å². The Morgan fingerprint density at radius 1 is 0.582 bits per heavy atom. The zero-order valence-corrected chi connectivity index (χ0v) is 35.5. The summed E-state index contributed by atoms with van der Waals surface area (Å²) in [4.78, 5) is 36.9. The Balaban J connectivity index is 4.52. The third-order valence-corrected chi connectivity index (χ3v) is 8.86. The first-order valence-electron chi connectivity index (χ1n) is 20.5. The van der Waals surface area contributed by atoms with Gasteiger partial charge in [0.2, 0.25) is 0 Å². The summed E-state index contributed by atoms with van der Waals surface area (Å²) in [7, 11) is -0.772. The lowest BCUT2D eigenvalue weighted by atomic mass is 10.1. The summed E-state index contributed by atoms with van der Waals surface area (Å²) in [6.07, 6.45) is 48.9. The molecule has 0 rings (SSSR count). The summed E-state index contributed by atoms with van der Waals surface area (Å²) in [5.41, 5.74) is 0. The molecule has 0 bridgehead atoms. The van der Waals surface area contributed by atoms with E-state index < -0.39 is 32.5 Å². The number of phosphoric ester groups is 1. The summed E-state index contributed by atoms with van der Waals surface area (Å²) >= 11 is 0. The second-order valence-electron chi connectivity index (χ2n) is 13.4. The quantitative estimate of drug-likeness (QED) is 0.0287. The number of ether oxygens (including phenoxy) is 2. The highest BCUT2D eigenvalue weighted by atomic mass is 31.2. The fourth-order valence-electron chi connectivity index (χ4n) is 4.73. The van der Waals surface area contributed by atoms with Gasteiger partial charge in [-0.2, -0.15) is 0 Å². The van der Waals surface area contributed by atoms with Crippen molar-refractivity contribution in [2.75, 3.05) is 40.5 Å². The van der Waals surface area contributed by atoms with Gasteiger partial charge in [-0.15, -0.1) is 0 Å². The molecule has 55 heavy (non-hydrogen) atoms. The fourth-order valence-corrected chi connectivity index (χ4v) is 5.47. The fraction of sp³-hybridized carbons (Fsp3) is 0.600. The Bertz CT molecular complexity index is 1230. The van der Waals surface area contributed by atoms with E-state index in [2.05, 4.69) is 105 Å². The molecular weight excluding hydrogens is 713 g/mol. The first-order chi connectivity index (χ1) is 26.7. The average molecular weight is 788 g/mol. The molecule has 0 saturated heterocycles. The van der Waals surface area contributed by atoms with E-state index in [1.807, 2.05) is 20.2 Å². The van der Waals surface area contributed by atoms with Crippen molar-refractivity contribution in [3.63, 3.8) is 0 Å². The van der Waals surface area contributed by atoms with Crippen molar-refractivity contribution in [1.82, 2.24) is 4.90 Å². The van der Waals surface area contributed by atoms with Crippen LogP contribution in [-0.4, -0.2) is 68.3 Å². The largest absolute Gasteiger partial charge is 0.472 e. The molecule has 0 heterocycles. The molecule has 312 valence electrons. The molecule has 0 saturated carbocycles. The summed E-state index contributed by atoms with van der Waals surface area (Å²) in [5.74, 6) is -0.928. The van der Waals surface area contributed by atoms with Crippen LogP contribution in [0.2, 0.25) is 0 Å². The molecular formula is C45H74NO8P. The number of unbranched alkanes of at least 4 members (excludes halogenated alkanes) is 6. The summed E-state index contributed by atoms with van der Waals surface area (Å²) < 4.78 is 33.3. The van der Waals surface area contributed by atoms with Gasteiger partial charge < -0.3 is 19.3 Å². The zero-order chi connectivity index (χ0) is 40.5. The Morgan fingerprint density at radius 3 is 1.53 bits per heavy atom. The number of nitrogens with zero attached hydrogens (tertiary/aromatic N) is 1. The third-order valence-electron chi connectivity index (χ3n) is 7.87. The number of phosphoric acid groups is 1. The molecule has 0 aliphatic rings. The van der Waals surface area contributed by atoms with Gasteiger partial charge in [-0.25, -0.2) is 4.57 Å². The molecule has 0 aromatic rings. The van der Waals surface area contributed by atoms with Crippen molar-refractivity contribution in [1.29, 1.82) is 0 Å². The van der Waals surface area contributed by atoms with Gasteiger partial charge in [-0.1, -0.05) is 124 Å². The van der Waals surface area contributed by atoms with Gasteiger partial charge in [0.1, 0.15) is 6.61 Å². The normalized spacial score (nSPS) is 14.4. The smallest absolute Gasteiger partial charge is 0.462 e. The van der Waals surface area contributed by atoms with Crippen LogP contribution in [0.5, 0.6) is 0 Å². The predicted molar refractivity (Wildman–Crippen MR) is 229 cm³/mol. The highest BCUT2D eigenvalue weighted by Gasteiger charge is 2.26. The first-order valence-corrected chi connectivity index (χ1v) is 22.0. The second kappa shape index (κ2) is 39.2. The maximum absolute atomic E-state index is 12.6. The summed E-state index contributed by atoms with van der Waals surface area (Å²) in [5, 5.41) is 0. The molecule has 2 atom stereocenters. The van der Waals surface area contributed by atoms with Crippen LogP contribution in [0.1, 0.15) is 129 Å². The molecule has 0 aliphatic heterocycles. The number of hydrogen-bond donors (Lipinski definition) is 1. The van der Waals surface area contributed by atoms with Crippen LogP contribution in [0.25, 0.3) is 0 Å². The van der Waals surface area contributed by atoms with Gasteiger partial charge >= 0.3 is 19.8 Å². The molecule has 0 aliphatic carbocycles. The first kappa shape index (κ1) is 51.9. The number of rotatable bonds is 36. The molecule has 10 heteroatoms. The van der Waals surface area contributed by atoms with Crippen LogP contribution in [0, 0.1) is 0 Å². The van der Waals surface area contributed by atoms with E-state index in [4.69, 9.17) is 18.5 Å². The molecule has 0 aromatic carbocycles. The average Bonchev–Trinajstić information content (AvgIpc) is 3.15. The van der Waals surface area contributed by atoms with Crippen LogP contribution in [0.3, 0.4) is 0 Å². The molecule has 0 amide bonds. The zero-order valence-electron chi connectivity index (χ0n) is 34.6. The molecule has 0 radical (unpaired) electrons. The number of allylic oxidation sites excluding steroid dienone is 16. The predicted octanol–water partition coefficient (Wildman–Crippen LogP) is 11.6. The Labute approximate surface area is 334 Å². The van der Waals surface area contributed by atoms with Gasteiger partial charge in [0.25, 0.3) is 0 Å². The van der Waals surface area contributed by atoms with E-state index in [1.54, 1.807) is 4.90 Å². The Kier molecular flexibility index (Phi) is 37.0. The highest BCUT2D eigenvalue weighted by molar-refractivity contribution is 7.47. The van der Waals surface area contributed by atoms with E-state index in [0.717, 1.165) is 64.2 Å². The SMILES string of the molecule is CC/C=C\C/C=C\C/C=C\C/C=C\C/C=C\CCCC(=O)OC(COC(=O)CCCC/C=C\C/C=C\C/C=C\CCCCC)COP(=O)(O)OCCN(C)C. The Morgan fingerprint density at radius 2 is 1.04 bits per heavy atom. The highest BCUT2D eigenvalue weighted by Crippen LogP contribution is 2.43. The lowest BCUT2D eigenvalue weighted by Crippen LogP contribution is -2.29. The minimum Gasteiger partial charge on any atom is -0.462 e. The standard InChI is InChI=1S/C45H74NO8P/c1-5-7-9-11-13-15-17-19-21-22-24-26-28-30-32-34-36-38-45(48)54-43(42-53-55(49,50)52-40-39-46(3)4)41-51-44(47)37-35-33-31-29-27-25-23-20-18-16-14-12-10-8-6-2/h7,9,13-16,19-21,23-24,26-27,29-30,32,43H,5-6,8,10-12,17-18,22,25,28,31,33-42H2,1-4H3,(H,49,50)/b9-7-,15-13-,16-14-,21-19-,23-20-,26-24-,29-27-,32-30-. The van der Waals surface area contributed by atoms with Crippen LogP contribution in [0.15, 0.2) is 97.2 Å². The maximum Gasteiger partial charge on any atom is 0.472 e. The van der Waals surface area contributed by atoms with Crippen molar-refractivity contribution in [2.24, 2.45) is 0 Å². The minimum absolute atomic E-state index is 0.0151. The number of likely N-dealkylation sites (N-methyl/N-ethyl adjacent to an activating group) is 1. The van der Waals surface area contributed by atoms with Crippen molar-refractivity contribution >= 4 is 19.8 Å². The van der Waals surface area contributed by atoms with E-state index in [1.165, 1.54) is 19.3 Å². The van der Waals surface area contributed by atoms with E-state index >= 15 is 0 Å². The lowest BCUT2D eigenvalue weighted by Gasteiger charge is -2.20. The second-order valence-corrected chi connectivity index (χ2v) is 14.9. The number of carbonyl (C=O) groups is 2. The third kappa shape index (κ3) is 40.4. The molecule has 0 fully saturated rings. The van der Waals surface area contributed by atoms with Crippen LogP contribution in [0.4, 0.5) is 0 Å². The minimum atomic E-state index is -4.39. The van der Waals surface area contributed by atoms with Crippen molar-refractivity contribution in [3.8, 4) is 0 Å². The van der Waals surface area contributed by atoms with Crippen LogP contribution in [-0.2, 0) is 32.7 Å². The monoisotopic (exact) mass is 788 g/mol. The molecule has 0 aromatic heterocycles. The van der Waals surface area contributed by atoms with E-state index in [9.17, 15) is 19.0 Å². The van der Waals surface area contributed by atoms with Gasteiger partial charge in [0.15, 0.2) is 6.10 Å². The van der Waals surface area contributed by atoms with Crippen molar-refractivity contribution < 1.29 is 37.6 Å². The number of carbonyl (C=O) groups excluding carboxylic acids is 2. The summed E-state index contributed by atoms with van der Waals surface area (Å²) in [6.45, 7) is 4.03. The van der Waals surface area contributed by atoms with Gasteiger partial charge in [-0.05, 0) is 104 Å². The lowest BCUT2D eigenvalue weighted by molar-refractivity contribution is -0.161. The molecule has 2 unspecified atom stereocenters. The van der Waals surface area contributed by atoms with Gasteiger partial charge in [0, 0.05) is 19.4 Å². The molecule has 1 N–H and O–H groups in total. The number of hydrogen-bond acceptors (Lipinski definition) is 8. The Hall–Kier alpha value is -3.07. The molecule has 9 nitrogen and oxygen atoms in total. The van der Waals surface area contributed by atoms with Crippen LogP contribution >= 0.6 is 7.82 Å². The number of esters is 2. The molecule has 0 spiro atoms. The van der Waals surface area contributed by atoms with Gasteiger partial charge in [0.05, 0.1) is 13.2 Å². The topological polar surface area (TPSA) is 112 Å². The van der Waals surface area contributed by atoms with Gasteiger partial charge in [-0.3, -0.25) is 18.6 Å².